The number of hydrogen-bond donors (Lipinski definition) is 1. The van der Waals surface area contributed by atoms with Crippen LogP contribution in [0, 0.1) is 5.92 Å². The Kier molecular flexibility index (Phi) is 4.35. The van der Waals surface area contributed by atoms with Gasteiger partial charge in [0.2, 0.25) is 0 Å². The number of amidine groups is 1. The van der Waals surface area contributed by atoms with Gasteiger partial charge in [0.1, 0.15) is 0 Å². The third-order valence-corrected chi connectivity index (χ3v) is 4.13. The van der Waals surface area contributed by atoms with Crippen LogP contribution in [0.1, 0.15) is 19.4 Å². The van der Waals surface area contributed by atoms with Crippen LogP contribution in [0.4, 0.5) is 0 Å². The molecule has 0 bridgehead atoms. The molecule has 0 spiro atoms. The first-order valence-corrected chi connectivity index (χ1v) is 7.20. The second-order valence-corrected chi connectivity index (χ2v) is 6.00. The van der Waals surface area contributed by atoms with Gasteiger partial charge in [0.05, 0.1) is 6.54 Å². The van der Waals surface area contributed by atoms with Crippen molar-refractivity contribution < 1.29 is 0 Å². The van der Waals surface area contributed by atoms with Crippen molar-refractivity contribution in [3.8, 4) is 0 Å². The summed E-state index contributed by atoms with van der Waals surface area (Å²) < 4.78 is 0. The van der Waals surface area contributed by atoms with E-state index in [-0.39, 0.29) is 0 Å². The minimum absolute atomic E-state index is 0.559. The monoisotopic (exact) mass is 268 g/mol. The minimum Gasteiger partial charge on any atom is -0.361 e. The van der Waals surface area contributed by atoms with Crippen molar-refractivity contribution in [1.82, 2.24) is 5.32 Å². The van der Waals surface area contributed by atoms with Crippen molar-refractivity contribution in [1.29, 1.82) is 0 Å². The molecule has 0 amide bonds. The fourth-order valence-corrected chi connectivity index (χ4v) is 2.94. The molecule has 1 saturated heterocycles. The van der Waals surface area contributed by atoms with Crippen LogP contribution in [0.25, 0.3) is 0 Å². The molecule has 92 valence electrons. The first kappa shape index (κ1) is 12.8. The van der Waals surface area contributed by atoms with E-state index in [1.807, 2.05) is 36.0 Å². The van der Waals surface area contributed by atoms with E-state index in [0.717, 1.165) is 22.5 Å². The summed E-state index contributed by atoms with van der Waals surface area (Å²) >= 11 is 7.65. The van der Waals surface area contributed by atoms with E-state index in [4.69, 9.17) is 11.6 Å². The molecule has 2 nitrogen and oxygen atoms in total. The quantitative estimate of drug-likeness (QED) is 0.907. The number of thioether (sulfide) groups is 1. The summed E-state index contributed by atoms with van der Waals surface area (Å²) in [5, 5.41) is 5.30. The van der Waals surface area contributed by atoms with Gasteiger partial charge in [-0.15, -0.1) is 0 Å². The fraction of sp³-hybridized carbons (Fsp3) is 0.462. The van der Waals surface area contributed by atoms with Crippen LogP contribution >= 0.6 is 23.4 Å². The average Bonchev–Trinajstić information content (AvgIpc) is 2.77. The van der Waals surface area contributed by atoms with Crippen molar-refractivity contribution in [3.63, 3.8) is 0 Å². The Bertz CT molecular complexity index is 400. The van der Waals surface area contributed by atoms with Crippen LogP contribution in [-0.4, -0.2) is 17.0 Å². The highest BCUT2D eigenvalue weighted by molar-refractivity contribution is 8.14. The second-order valence-electron chi connectivity index (χ2n) is 4.55. The topological polar surface area (TPSA) is 24.4 Å². The molecule has 0 aliphatic carbocycles. The molecule has 1 aromatic rings. The Balaban J connectivity index is 1.91. The van der Waals surface area contributed by atoms with Gasteiger partial charge in [0.25, 0.3) is 0 Å². The van der Waals surface area contributed by atoms with E-state index in [0.29, 0.717) is 12.0 Å². The smallest absolute Gasteiger partial charge is 0.157 e. The molecule has 1 N–H and O–H groups in total. The number of hydrogen-bond acceptors (Lipinski definition) is 2. The maximum absolute atomic E-state index is 5.84. The molecule has 1 heterocycles. The van der Waals surface area contributed by atoms with Crippen LogP contribution in [0.15, 0.2) is 29.3 Å². The number of halogens is 1. The summed E-state index contributed by atoms with van der Waals surface area (Å²) in [4.78, 5) is 4.58. The van der Waals surface area contributed by atoms with Gasteiger partial charge in [-0.3, -0.25) is 4.99 Å². The summed E-state index contributed by atoms with van der Waals surface area (Å²) in [7, 11) is 0. The summed E-state index contributed by atoms with van der Waals surface area (Å²) in [5.74, 6) is 1.78. The molecule has 0 saturated carbocycles. The Hall–Kier alpha value is -0.670. The van der Waals surface area contributed by atoms with Crippen LogP contribution < -0.4 is 5.32 Å². The highest BCUT2D eigenvalue weighted by Gasteiger charge is 2.22. The Morgan fingerprint density at radius 2 is 2.12 bits per heavy atom. The highest BCUT2D eigenvalue weighted by atomic mass is 35.5. The predicted molar refractivity (Wildman–Crippen MR) is 76.8 cm³/mol. The molecule has 4 heteroatoms. The van der Waals surface area contributed by atoms with Gasteiger partial charge < -0.3 is 5.32 Å². The van der Waals surface area contributed by atoms with Gasteiger partial charge in [-0.2, -0.15) is 0 Å². The molecule has 1 aliphatic rings. The Morgan fingerprint density at radius 3 is 2.71 bits per heavy atom. The van der Waals surface area contributed by atoms with E-state index < -0.39 is 0 Å². The molecule has 1 aromatic carbocycles. The van der Waals surface area contributed by atoms with Crippen LogP contribution in [0.3, 0.4) is 0 Å². The Labute approximate surface area is 112 Å². The average molecular weight is 269 g/mol. The lowest BCUT2D eigenvalue weighted by atomic mass is 10.1. The summed E-state index contributed by atoms with van der Waals surface area (Å²) in [6.07, 6.45) is 0. The number of nitrogens with zero attached hydrogens (tertiary/aromatic N) is 1. The van der Waals surface area contributed by atoms with Crippen molar-refractivity contribution >= 4 is 28.5 Å². The maximum Gasteiger partial charge on any atom is 0.157 e. The van der Waals surface area contributed by atoms with Crippen LogP contribution in [0.2, 0.25) is 5.02 Å². The van der Waals surface area contributed by atoms with Crippen molar-refractivity contribution in [2.24, 2.45) is 10.9 Å². The third-order valence-electron chi connectivity index (χ3n) is 2.83. The molecule has 0 aromatic heterocycles. The molecular formula is C13H17ClN2S. The van der Waals surface area contributed by atoms with E-state index in [9.17, 15) is 0 Å². The molecular weight excluding hydrogens is 252 g/mol. The van der Waals surface area contributed by atoms with Crippen molar-refractivity contribution in [2.45, 2.75) is 26.4 Å². The number of aliphatic imine (C=N–C) groups is 1. The number of nitrogens with one attached hydrogen (secondary N) is 1. The van der Waals surface area contributed by atoms with Gasteiger partial charge >= 0.3 is 0 Å². The SMILES string of the molecule is CC(C)[C@H]1CSC(=NCc2ccc(Cl)cc2)N1. The zero-order valence-corrected chi connectivity index (χ0v) is 11.7. The van der Waals surface area contributed by atoms with Gasteiger partial charge in [-0.05, 0) is 23.6 Å². The van der Waals surface area contributed by atoms with E-state index in [2.05, 4.69) is 24.2 Å². The molecule has 2 rings (SSSR count). The van der Waals surface area contributed by atoms with Crippen molar-refractivity contribution in [3.05, 3.63) is 34.9 Å². The highest BCUT2D eigenvalue weighted by Crippen LogP contribution is 2.19. The zero-order valence-electron chi connectivity index (χ0n) is 10.1. The fourth-order valence-electron chi connectivity index (χ4n) is 1.61. The Morgan fingerprint density at radius 1 is 1.41 bits per heavy atom. The molecule has 17 heavy (non-hydrogen) atoms. The van der Waals surface area contributed by atoms with Crippen molar-refractivity contribution in [2.75, 3.05) is 5.75 Å². The van der Waals surface area contributed by atoms with E-state index in [1.54, 1.807) is 0 Å². The van der Waals surface area contributed by atoms with Crippen LogP contribution in [-0.2, 0) is 6.54 Å². The summed E-state index contributed by atoms with van der Waals surface area (Å²) in [6.45, 7) is 5.19. The molecule has 0 radical (unpaired) electrons. The third kappa shape index (κ3) is 3.65. The van der Waals surface area contributed by atoms with Gasteiger partial charge in [-0.1, -0.05) is 49.3 Å². The molecule has 1 aliphatic heterocycles. The maximum atomic E-state index is 5.84. The molecule has 0 unspecified atom stereocenters. The normalized spacial score (nSPS) is 22.1. The molecule has 1 fully saturated rings. The van der Waals surface area contributed by atoms with Crippen LogP contribution in [0.5, 0.6) is 0 Å². The largest absolute Gasteiger partial charge is 0.361 e. The standard InChI is InChI=1S/C13H17ClN2S/c1-9(2)12-8-17-13(16-12)15-7-10-3-5-11(14)6-4-10/h3-6,9,12H,7-8H2,1-2H3,(H,15,16)/t12-/m1/s1. The molecule has 1 atom stereocenters. The van der Waals surface area contributed by atoms with Gasteiger partial charge in [0.15, 0.2) is 5.17 Å². The first-order valence-electron chi connectivity index (χ1n) is 5.83. The first-order chi connectivity index (χ1) is 8.15. The summed E-state index contributed by atoms with van der Waals surface area (Å²) in [5.41, 5.74) is 1.19. The predicted octanol–water partition coefficient (Wildman–Crippen LogP) is 3.56. The summed E-state index contributed by atoms with van der Waals surface area (Å²) in [6, 6.07) is 8.41. The van der Waals surface area contributed by atoms with Gasteiger partial charge in [0, 0.05) is 16.8 Å². The zero-order chi connectivity index (χ0) is 12.3. The van der Waals surface area contributed by atoms with E-state index >= 15 is 0 Å². The number of benzene rings is 1. The lowest BCUT2D eigenvalue weighted by molar-refractivity contribution is 0.503. The lowest BCUT2D eigenvalue weighted by Gasteiger charge is -2.13. The van der Waals surface area contributed by atoms with Gasteiger partial charge in [-0.25, -0.2) is 0 Å². The number of rotatable bonds is 3. The second kappa shape index (κ2) is 5.78. The lowest BCUT2D eigenvalue weighted by Crippen LogP contribution is -2.31. The van der Waals surface area contributed by atoms with E-state index in [1.165, 1.54) is 5.56 Å². The minimum atomic E-state index is 0.559.